The van der Waals surface area contributed by atoms with Crippen molar-refractivity contribution in [2.75, 3.05) is 26.8 Å². The maximum atomic E-state index is 13.2. The Hall–Kier alpha value is -3.29. The van der Waals surface area contributed by atoms with E-state index in [1.165, 1.54) is 7.11 Å². The minimum absolute atomic E-state index is 0.0598. The van der Waals surface area contributed by atoms with Crippen LogP contribution in [0.25, 0.3) is 0 Å². The smallest absolute Gasteiger partial charge is 0.339 e. The van der Waals surface area contributed by atoms with Crippen LogP contribution in [0.15, 0.2) is 24.3 Å². The van der Waals surface area contributed by atoms with Crippen LogP contribution >= 0.6 is 0 Å². The molecule has 2 amide bonds. The molecule has 1 aromatic carbocycles. The van der Waals surface area contributed by atoms with Crippen LogP contribution in [0, 0.1) is 19.8 Å². The van der Waals surface area contributed by atoms with Crippen LogP contribution in [-0.4, -0.2) is 54.5 Å². The molecule has 34 heavy (non-hydrogen) atoms. The fourth-order valence-electron chi connectivity index (χ4n) is 4.28. The summed E-state index contributed by atoms with van der Waals surface area (Å²) in [5.74, 6) is -0.176. The number of likely N-dealkylation sites (tertiary alicyclic amines) is 1. The third kappa shape index (κ3) is 5.98. The summed E-state index contributed by atoms with van der Waals surface area (Å²) in [6.45, 7) is 7.65. The predicted octanol–water partition coefficient (Wildman–Crippen LogP) is 3.77. The number of ether oxygens (including phenoxy) is 2. The Morgan fingerprint density at radius 3 is 2.59 bits per heavy atom. The number of aromatic nitrogens is 1. The van der Waals surface area contributed by atoms with Gasteiger partial charge in [0.25, 0.3) is 5.91 Å². The van der Waals surface area contributed by atoms with Crippen molar-refractivity contribution < 1.29 is 23.9 Å². The number of nitrogens with zero attached hydrogens (tertiary/aromatic N) is 1. The Morgan fingerprint density at radius 2 is 1.91 bits per heavy atom. The van der Waals surface area contributed by atoms with Gasteiger partial charge in [-0.1, -0.05) is 25.5 Å². The number of aromatic amines is 1. The quantitative estimate of drug-likeness (QED) is 0.430. The fourth-order valence-corrected chi connectivity index (χ4v) is 4.28. The molecule has 8 nitrogen and oxygen atoms in total. The minimum Gasteiger partial charge on any atom is -0.494 e. The Morgan fingerprint density at radius 1 is 1.18 bits per heavy atom. The van der Waals surface area contributed by atoms with Gasteiger partial charge in [-0.2, -0.15) is 0 Å². The summed E-state index contributed by atoms with van der Waals surface area (Å²) in [6, 6.07) is 7.74. The highest BCUT2D eigenvalue weighted by Crippen LogP contribution is 2.24. The summed E-state index contributed by atoms with van der Waals surface area (Å²) in [5, 5.41) is 3.00. The lowest BCUT2D eigenvalue weighted by molar-refractivity contribution is -0.126. The van der Waals surface area contributed by atoms with Gasteiger partial charge in [-0.05, 0) is 56.4 Å². The molecule has 1 aliphatic rings. The largest absolute Gasteiger partial charge is 0.494 e. The SMILES string of the molecule is CCCCOc1ccc(CNC(=O)[C@@H]2CCCN(C(=O)c3[nH]c(C)c(C(=O)OC)c3C)C2)cc1. The molecule has 0 radical (unpaired) electrons. The number of nitrogens with one attached hydrogen (secondary N) is 2. The zero-order valence-electron chi connectivity index (χ0n) is 20.5. The van der Waals surface area contributed by atoms with Crippen LogP contribution in [0.2, 0.25) is 0 Å². The van der Waals surface area contributed by atoms with E-state index in [9.17, 15) is 14.4 Å². The number of aryl methyl sites for hydroxylation is 1. The average Bonchev–Trinajstić information content (AvgIpc) is 3.16. The van der Waals surface area contributed by atoms with Crippen LogP contribution in [0.4, 0.5) is 0 Å². The third-order valence-corrected chi connectivity index (χ3v) is 6.28. The summed E-state index contributed by atoms with van der Waals surface area (Å²) < 4.78 is 10.5. The van der Waals surface area contributed by atoms with E-state index < -0.39 is 5.97 Å². The van der Waals surface area contributed by atoms with Crippen molar-refractivity contribution in [2.45, 2.75) is 53.0 Å². The maximum absolute atomic E-state index is 13.2. The molecule has 0 unspecified atom stereocenters. The van der Waals surface area contributed by atoms with Crippen molar-refractivity contribution in [3.05, 3.63) is 52.3 Å². The highest BCUT2D eigenvalue weighted by atomic mass is 16.5. The van der Waals surface area contributed by atoms with E-state index in [1.807, 2.05) is 24.3 Å². The summed E-state index contributed by atoms with van der Waals surface area (Å²) in [4.78, 5) is 42.8. The molecule has 0 bridgehead atoms. The van der Waals surface area contributed by atoms with E-state index in [0.29, 0.717) is 48.8 Å². The number of methoxy groups -OCH3 is 1. The van der Waals surface area contributed by atoms with Crippen molar-refractivity contribution in [1.82, 2.24) is 15.2 Å². The molecule has 0 aliphatic carbocycles. The van der Waals surface area contributed by atoms with Crippen LogP contribution in [0.1, 0.15) is 70.3 Å². The van der Waals surface area contributed by atoms with E-state index in [1.54, 1.807) is 18.7 Å². The molecule has 184 valence electrons. The molecule has 0 saturated carbocycles. The highest BCUT2D eigenvalue weighted by molar-refractivity contribution is 6.00. The molecule has 3 rings (SSSR count). The van der Waals surface area contributed by atoms with Crippen molar-refractivity contribution in [2.24, 2.45) is 5.92 Å². The van der Waals surface area contributed by atoms with Gasteiger partial charge < -0.3 is 24.7 Å². The Balaban J connectivity index is 1.56. The number of hydrogen-bond acceptors (Lipinski definition) is 5. The number of carbonyl (C=O) groups excluding carboxylic acids is 3. The summed E-state index contributed by atoms with van der Waals surface area (Å²) in [6.07, 6.45) is 3.59. The molecule has 1 atom stereocenters. The number of carbonyl (C=O) groups is 3. The Kier molecular flexibility index (Phi) is 8.73. The number of amides is 2. The maximum Gasteiger partial charge on any atom is 0.339 e. The number of H-pyrrole nitrogens is 1. The van der Waals surface area contributed by atoms with E-state index >= 15 is 0 Å². The number of unbranched alkanes of at least 4 members (excludes halogenated alkanes) is 1. The molecular weight excluding hydrogens is 434 g/mol. The first-order valence-corrected chi connectivity index (χ1v) is 11.9. The molecular formula is C26H35N3O5. The normalized spacial score (nSPS) is 15.6. The van der Waals surface area contributed by atoms with E-state index in [0.717, 1.165) is 37.0 Å². The second-order valence-corrected chi connectivity index (χ2v) is 8.77. The number of benzene rings is 1. The van der Waals surface area contributed by atoms with Gasteiger partial charge in [0.1, 0.15) is 11.4 Å². The van der Waals surface area contributed by atoms with Crippen LogP contribution in [0.5, 0.6) is 5.75 Å². The fraction of sp³-hybridized carbons (Fsp3) is 0.500. The lowest BCUT2D eigenvalue weighted by Crippen LogP contribution is -2.45. The molecule has 2 heterocycles. The van der Waals surface area contributed by atoms with Crippen molar-refractivity contribution in [3.63, 3.8) is 0 Å². The first-order valence-electron chi connectivity index (χ1n) is 11.9. The summed E-state index contributed by atoms with van der Waals surface area (Å²) >= 11 is 0. The topological polar surface area (TPSA) is 101 Å². The van der Waals surface area contributed by atoms with Gasteiger partial charge in [-0.15, -0.1) is 0 Å². The van der Waals surface area contributed by atoms with Crippen molar-refractivity contribution >= 4 is 17.8 Å². The monoisotopic (exact) mass is 469 g/mol. The first-order chi connectivity index (χ1) is 16.3. The second-order valence-electron chi connectivity index (χ2n) is 8.77. The third-order valence-electron chi connectivity index (χ3n) is 6.28. The van der Waals surface area contributed by atoms with Gasteiger partial charge in [-0.25, -0.2) is 4.79 Å². The van der Waals surface area contributed by atoms with E-state index in [-0.39, 0.29) is 17.7 Å². The number of rotatable bonds is 9. The minimum atomic E-state index is -0.471. The lowest BCUT2D eigenvalue weighted by atomic mass is 9.96. The van der Waals surface area contributed by atoms with Gasteiger partial charge in [-0.3, -0.25) is 9.59 Å². The highest BCUT2D eigenvalue weighted by Gasteiger charge is 2.31. The van der Waals surface area contributed by atoms with Gasteiger partial charge in [0, 0.05) is 25.3 Å². The number of esters is 1. The Bertz CT molecular complexity index is 1010. The molecule has 1 aliphatic heterocycles. The van der Waals surface area contributed by atoms with E-state index in [4.69, 9.17) is 9.47 Å². The summed E-state index contributed by atoms with van der Waals surface area (Å²) in [5.41, 5.74) is 2.93. The standard InChI is InChI=1S/C26H35N3O5/c1-5-6-14-34-21-11-9-19(10-12-21)15-27-24(30)20-8-7-13-29(16-20)25(31)23-17(2)22(18(3)28-23)26(32)33-4/h9-12,20,28H,5-8,13-16H2,1-4H3,(H,27,30)/t20-/m1/s1. The Labute approximate surface area is 201 Å². The second kappa shape index (κ2) is 11.7. The molecule has 1 saturated heterocycles. The van der Waals surface area contributed by atoms with Gasteiger partial charge in [0.2, 0.25) is 5.91 Å². The average molecular weight is 470 g/mol. The molecule has 8 heteroatoms. The van der Waals surface area contributed by atoms with Crippen LogP contribution in [-0.2, 0) is 16.1 Å². The molecule has 2 N–H and O–H groups in total. The van der Waals surface area contributed by atoms with Crippen LogP contribution < -0.4 is 10.1 Å². The van der Waals surface area contributed by atoms with Gasteiger partial charge >= 0.3 is 5.97 Å². The zero-order chi connectivity index (χ0) is 24.7. The first kappa shape index (κ1) is 25.3. The predicted molar refractivity (Wildman–Crippen MR) is 129 cm³/mol. The van der Waals surface area contributed by atoms with Crippen molar-refractivity contribution in [3.8, 4) is 5.75 Å². The van der Waals surface area contributed by atoms with Gasteiger partial charge in [0.15, 0.2) is 0 Å². The van der Waals surface area contributed by atoms with Crippen molar-refractivity contribution in [1.29, 1.82) is 0 Å². The van der Waals surface area contributed by atoms with Crippen LogP contribution in [0.3, 0.4) is 0 Å². The number of hydrogen-bond donors (Lipinski definition) is 2. The van der Waals surface area contributed by atoms with E-state index in [2.05, 4.69) is 17.2 Å². The molecule has 0 spiro atoms. The zero-order valence-corrected chi connectivity index (χ0v) is 20.5. The lowest BCUT2D eigenvalue weighted by Gasteiger charge is -2.32. The summed E-state index contributed by atoms with van der Waals surface area (Å²) in [7, 11) is 1.32. The molecule has 2 aromatic rings. The number of piperidine rings is 1. The molecule has 1 fully saturated rings. The van der Waals surface area contributed by atoms with Gasteiger partial charge in [0.05, 0.1) is 25.2 Å². The molecule has 1 aromatic heterocycles.